The number of fused-ring (bicyclic) bond motifs is 1. The Morgan fingerprint density at radius 3 is 2.60 bits per heavy atom. The van der Waals surface area contributed by atoms with Gasteiger partial charge in [-0.25, -0.2) is 0 Å². The summed E-state index contributed by atoms with van der Waals surface area (Å²) in [6.07, 6.45) is 2.71. The molecule has 2 aromatic carbocycles. The minimum absolute atomic E-state index is 0.0971. The van der Waals surface area contributed by atoms with Crippen molar-refractivity contribution in [3.63, 3.8) is 0 Å². The van der Waals surface area contributed by atoms with Gasteiger partial charge in [-0.15, -0.1) is 0 Å². The molecule has 130 valence electrons. The average Bonchev–Trinajstić information content (AvgIpc) is 2.56. The summed E-state index contributed by atoms with van der Waals surface area (Å²) in [5.41, 5.74) is 7.07. The van der Waals surface area contributed by atoms with E-state index in [-0.39, 0.29) is 11.3 Å². The normalized spacial score (nSPS) is 15.2. The van der Waals surface area contributed by atoms with Crippen LogP contribution in [0.2, 0.25) is 5.02 Å². The molecule has 0 fully saturated rings. The van der Waals surface area contributed by atoms with E-state index < -0.39 is 0 Å². The number of carbonyl (C=O) groups excluding carboxylic acids is 1. The Morgan fingerprint density at radius 2 is 1.92 bits per heavy atom. The molecular formula is C22H24ClNO. The number of Topliss-reactive ketones (excluding diaryl/α,β-unsaturated/α-hetero) is 1. The zero-order valence-corrected chi connectivity index (χ0v) is 16.2. The molecule has 0 saturated heterocycles. The monoisotopic (exact) mass is 353 g/mol. The summed E-state index contributed by atoms with van der Waals surface area (Å²) >= 11 is 6.82. The van der Waals surface area contributed by atoms with Gasteiger partial charge in [-0.1, -0.05) is 42.8 Å². The SMILES string of the molecule is CCC(=O)c1cccc(-c2cc(C)c3c(c2Cl)C(C)=CC(C)(C)N3)c1. The van der Waals surface area contributed by atoms with Crippen LogP contribution < -0.4 is 5.32 Å². The molecule has 1 N–H and O–H groups in total. The van der Waals surface area contributed by atoms with Crippen LogP contribution in [0.25, 0.3) is 16.7 Å². The van der Waals surface area contributed by atoms with E-state index in [2.05, 4.69) is 45.2 Å². The summed E-state index contributed by atoms with van der Waals surface area (Å²) in [5.74, 6) is 0.146. The van der Waals surface area contributed by atoms with Crippen molar-refractivity contribution in [2.45, 2.75) is 46.6 Å². The maximum Gasteiger partial charge on any atom is 0.162 e. The third-order valence-corrected chi connectivity index (χ3v) is 5.09. The summed E-state index contributed by atoms with van der Waals surface area (Å²) in [4.78, 5) is 12.1. The second-order valence-corrected chi connectivity index (χ2v) is 7.71. The van der Waals surface area contributed by atoms with E-state index in [0.717, 1.165) is 38.5 Å². The van der Waals surface area contributed by atoms with Gasteiger partial charge in [0.25, 0.3) is 0 Å². The van der Waals surface area contributed by atoms with Crippen molar-refractivity contribution in [2.75, 3.05) is 5.32 Å². The number of anilines is 1. The van der Waals surface area contributed by atoms with Gasteiger partial charge < -0.3 is 5.32 Å². The number of hydrogen-bond donors (Lipinski definition) is 1. The van der Waals surface area contributed by atoms with E-state index in [1.165, 1.54) is 5.57 Å². The third kappa shape index (κ3) is 3.23. The maximum atomic E-state index is 12.1. The molecule has 0 unspecified atom stereocenters. The lowest BCUT2D eigenvalue weighted by atomic mass is 9.87. The number of rotatable bonds is 3. The van der Waals surface area contributed by atoms with Crippen LogP contribution in [-0.2, 0) is 0 Å². The van der Waals surface area contributed by atoms with Gasteiger partial charge in [0.2, 0.25) is 0 Å². The van der Waals surface area contributed by atoms with Crippen molar-refractivity contribution in [1.82, 2.24) is 0 Å². The standard InChI is InChI=1S/C22H24ClNO/c1-6-18(25)16-9-7-8-15(11-16)17-10-13(2)21-19(20(17)23)14(3)12-22(4,5)24-21/h7-12,24H,6H2,1-5H3. The van der Waals surface area contributed by atoms with Crippen LogP contribution in [-0.4, -0.2) is 11.3 Å². The highest BCUT2D eigenvalue weighted by Gasteiger charge is 2.27. The molecule has 3 rings (SSSR count). The molecule has 2 nitrogen and oxygen atoms in total. The minimum Gasteiger partial charge on any atom is -0.376 e. The maximum absolute atomic E-state index is 12.1. The highest BCUT2D eigenvalue weighted by molar-refractivity contribution is 6.36. The summed E-state index contributed by atoms with van der Waals surface area (Å²) in [6.45, 7) is 10.4. The van der Waals surface area contributed by atoms with Crippen molar-refractivity contribution >= 4 is 28.6 Å². The van der Waals surface area contributed by atoms with Crippen molar-refractivity contribution in [3.05, 3.63) is 58.1 Å². The number of carbonyl (C=O) groups is 1. The number of halogens is 1. The molecule has 0 aromatic heterocycles. The zero-order valence-electron chi connectivity index (χ0n) is 15.5. The van der Waals surface area contributed by atoms with Gasteiger partial charge >= 0.3 is 0 Å². The van der Waals surface area contributed by atoms with Crippen LogP contribution in [0.1, 0.15) is 55.6 Å². The molecule has 1 aliphatic heterocycles. The van der Waals surface area contributed by atoms with Crippen LogP contribution in [0.15, 0.2) is 36.4 Å². The number of hydrogen-bond acceptors (Lipinski definition) is 2. The van der Waals surface area contributed by atoms with E-state index in [0.29, 0.717) is 6.42 Å². The van der Waals surface area contributed by atoms with Gasteiger partial charge in [-0.3, -0.25) is 4.79 Å². The molecule has 1 aliphatic rings. The van der Waals surface area contributed by atoms with E-state index >= 15 is 0 Å². The van der Waals surface area contributed by atoms with Crippen LogP contribution in [0.4, 0.5) is 5.69 Å². The Labute approximate surface area is 154 Å². The first kappa shape index (κ1) is 17.8. The predicted molar refractivity (Wildman–Crippen MR) is 108 cm³/mol. The highest BCUT2D eigenvalue weighted by Crippen LogP contribution is 2.44. The first-order chi connectivity index (χ1) is 11.7. The van der Waals surface area contributed by atoms with E-state index in [1.54, 1.807) is 0 Å². The topological polar surface area (TPSA) is 29.1 Å². The van der Waals surface area contributed by atoms with Crippen LogP contribution in [0.5, 0.6) is 0 Å². The molecule has 0 aliphatic carbocycles. The van der Waals surface area contributed by atoms with Crippen molar-refractivity contribution in [1.29, 1.82) is 0 Å². The van der Waals surface area contributed by atoms with Crippen LogP contribution in [0.3, 0.4) is 0 Å². The molecule has 0 amide bonds. The molecule has 0 saturated carbocycles. The van der Waals surface area contributed by atoms with Gasteiger partial charge in [0.1, 0.15) is 0 Å². The lowest BCUT2D eigenvalue weighted by Crippen LogP contribution is -2.32. The molecule has 1 heterocycles. The Hall–Kier alpha value is -2.06. The van der Waals surface area contributed by atoms with Gasteiger partial charge in [0.05, 0.1) is 10.6 Å². The molecule has 3 heteroatoms. The quantitative estimate of drug-likeness (QED) is 0.637. The molecule has 0 radical (unpaired) electrons. The number of aryl methyl sites for hydroxylation is 1. The van der Waals surface area contributed by atoms with Crippen molar-refractivity contribution < 1.29 is 4.79 Å². The summed E-state index contributed by atoms with van der Waals surface area (Å²) in [7, 11) is 0. The Balaban J connectivity index is 2.20. The summed E-state index contributed by atoms with van der Waals surface area (Å²) in [6, 6.07) is 9.85. The highest BCUT2D eigenvalue weighted by atomic mass is 35.5. The molecule has 0 atom stereocenters. The van der Waals surface area contributed by atoms with Crippen LogP contribution in [0, 0.1) is 6.92 Å². The summed E-state index contributed by atoms with van der Waals surface area (Å²) < 4.78 is 0. The first-order valence-corrected chi connectivity index (χ1v) is 9.06. The van der Waals surface area contributed by atoms with Crippen LogP contribution >= 0.6 is 11.6 Å². The number of benzene rings is 2. The summed E-state index contributed by atoms with van der Waals surface area (Å²) in [5, 5.41) is 4.31. The predicted octanol–water partition coefficient (Wildman–Crippen LogP) is 6.52. The Bertz CT molecular complexity index is 893. The minimum atomic E-state index is -0.0971. The molecule has 0 bridgehead atoms. The lowest BCUT2D eigenvalue weighted by Gasteiger charge is -2.33. The largest absolute Gasteiger partial charge is 0.376 e. The number of ketones is 1. The first-order valence-electron chi connectivity index (χ1n) is 8.68. The van der Waals surface area contributed by atoms with Gasteiger partial charge in [-0.2, -0.15) is 0 Å². The lowest BCUT2D eigenvalue weighted by molar-refractivity contribution is 0.0988. The van der Waals surface area contributed by atoms with E-state index in [1.807, 2.05) is 31.2 Å². The smallest absolute Gasteiger partial charge is 0.162 e. The molecular weight excluding hydrogens is 330 g/mol. The van der Waals surface area contributed by atoms with Gasteiger partial charge in [0, 0.05) is 28.8 Å². The Kier molecular flexibility index (Phi) is 4.51. The fourth-order valence-corrected chi connectivity index (χ4v) is 3.98. The Morgan fingerprint density at radius 1 is 1.20 bits per heavy atom. The molecule has 0 spiro atoms. The zero-order chi connectivity index (χ0) is 18.4. The fourth-order valence-electron chi connectivity index (χ4n) is 3.57. The van der Waals surface area contributed by atoms with Gasteiger partial charge in [-0.05, 0) is 56.5 Å². The van der Waals surface area contributed by atoms with Crippen molar-refractivity contribution in [2.24, 2.45) is 0 Å². The van der Waals surface area contributed by atoms with Gasteiger partial charge in [0.15, 0.2) is 5.78 Å². The van der Waals surface area contributed by atoms with Crippen molar-refractivity contribution in [3.8, 4) is 11.1 Å². The van der Waals surface area contributed by atoms with E-state index in [9.17, 15) is 4.79 Å². The molecule has 2 aromatic rings. The molecule has 25 heavy (non-hydrogen) atoms. The second kappa shape index (κ2) is 6.34. The number of nitrogens with one attached hydrogen (secondary N) is 1. The average molecular weight is 354 g/mol. The number of allylic oxidation sites excluding steroid dienone is 1. The second-order valence-electron chi connectivity index (χ2n) is 7.34. The third-order valence-electron chi connectivity index (χ3n) is 4.70. The van der Waals surface area contributed by atoms with E-state index in [4.69, 9.17) is 11.6 Å². The fraction of sp³-hybridized carbons (Fsp3) is 0.318.